The van der Waals surface area contributed by atoms with Crippen LogP contribution >= 0.6 is 0 Å². The lowest BCUT2D eigenvalue weighted by atomic mass is 9.97. The van der Waals surface area contributed by atoms with Crippen molar-refractivity contribution >= 4 is 11.5 Å². The molecule has 78 valence electrons. The molecular weight excluding hydrogens is 190 g/mol. The Morgan fingerprint density at radius 2 is 2.00 bits per heavy atom. The molecule has 1 aromatic rings. The fourth-order valence-electron chi connectivity index (χ4n) is 1.52. The highest BCUT2D eigenvalue weighted by atomic mass is 16.7. The third-order valence-corrected chi connectivity index (χ3v) is 2.29. The second-order valence-corrected chi connectivity index (χ2v) is 4.26. The molecule has 0 bridgehead atoms. The van der Waals surface area contributed by atoms with E-state index in [0.717, 1.165) is 0 Å². The summed E-state index contributed by atoms with van der Waals surface area (Å²) in [5.74, 6) is -0.0406. The smallest absolute Gasteiger partial charge is 0.210 e. The monoisotopic (exact) mass is 203 g/mol. The summed E-state index contributed by atoms with van der Waals surface area (Å²) in [6, 6.07) is 9.14. The Balaban J connectivity index is 2.18. The van der Waals surface area contributed by atoms with E-state index in [1.54, 1.807) is 12.1 Å². The summed E-state index contributed by atoms with van der Waals surface area (Å²) >= 11 is 0. The van der Waals surface area contributed by atoms with Gasteiger partial charge in [0.05, 0.1) is 0 Å². The zero-order valence-corrected chi connectivity index (χ0v) is 8.86. The molecule has 1 aliphatic rings. The highest BCUT2D eigenvalue weighted by molar-refractivity contribution is 6.46. The van der Waals surface area contributed by atoms with Crippen LogP contribution in [0.25, 0.3) is 0 Å². The maximum atomic E-state index is 11.9. The van der Waals surface area contributed by atoms with E-state index in [1.807, 2.05) is 32.0 Å². The predicted octanol–water partition coefficient (Wildman–Crippen LogP) is 2.42. The first-order valence-corrected chi connectivity index (χ1v) is 4.93. The highest BCUT2D eigenvalue weighted by Gasteiger charge is 2.32. The van der Waals surface area contributed by atoms with Gasteiger partial charge in [-0.2, -0.15) is 0 Å². The number of oxime groups is 1. The highest BCUT2D eigenvalue weighted by Crippen LogP contribution is 2.23. The number of ketones is 1. The van der Waals surface area contributed by atoms with Crippen LogP contribution in [0.15, 0.2) is 35.5 Å². The number of hydrogen-bond acceptors (Lipinski definition) is 3. The van der Waals surface area contributed by atoms with Crippen LogP contribution < -0.4 is 0 Å². The minimum absolute atomic E-state index is 0.0406. The topological polar surface area (TPSA) is 38.7 Å². The second kappa shape index (κ2) is 3.50. The van der Waals surface area contributed by atoms with Gasteiger partial charge in [-0.3, -0.25) is 4.79 Å². The van der Waals surface area contributed by atoms with E-state index in [1.165, 1.54) is 0 Å². The van der Waals surface area contributed by atoms with E-state index in [9.17, 15) is 4.79 Å². The molecule has 0 amide bonds. The molecule has 15 heavy (non-hydrogen) atoms. The van der Waals surface area contributed by atoms with Gasteiger partial charge in [0, 0.05) is 12.0 Å². The third kappa shape index (κ3) is 2.06. The maximum absolute atomic E-state index is 11.9. The van der Waals surface area contributed by atoms with Crippen LogP contribution in [-0.4, -0.2) is 17.1 Å². The van der Waals surface area contributed by atoms with E-state index < -0.39 is 0 Å². The number of benzene rings is 1. The zero-order chi connectivity index (χ0) is 10.9. The molecule has 1 heterocycles. The first kappa shape index (κ1) is 9.90. The normalized spacial score (nSPS) is 18.1. The van der Waals surface area contributed by atoms with Gasteiger partial charge in [0.25, 0.3) is 0 Å². The van der Waals surface area contributed by atoms with Gasteiger partial charge in [-0.25, -0.2) is 0 Å². The summed E-state index contributed by atoms with van der Waals surface area (Å²) in [6.45, 7) is 3.84. The fraction of sp³-hybridized carbons (Fsp3) is 0.333. The lowest BCUT2D eigenvalue weighted by Gasteiger charge is -2.12. The minimum atomic E-state index is -0.347. The van der Waals surface area contributed by atoms with Gasteiger partial charge < -0.3 is 4.84 Å². The Kier molecular flexibility index (Phi) is 2.31. The lowest BCUT2D eigenvalue weighted by Crippen LogP contribution is -2.22. The second-order valence-electron chi connectivity index (χ2n) is 4.26. The molecule has 2 rings (SSSR count). The fourth-order valence-corrected chi connectivity index (χ4v) is 1.52. The van der Waals surface area contributed by atoms with E-state index in [2.05, 4.69) is 5.16 Å². The third-order valence-electron chi connectivity index (χ3n) is 2.29. The van der Waals surface area contributed by atoms with Crippen molar-refractivity contribution in [2.24, 2.45) is 5.16 Å². The van der Waals surface area contributed by atoms with Crippen LogP contribution in [0.4, 0.5) is 0 Å². The zero-order valence-electron chi connectivity index (χ0n) is 8.86. The Hall–Kier alpha value is -1.64. The molecule has 0 aromatic heterocycles. The van der Waals surface area contributed by atoms with Crippen molar-refractivity contribution in [3.63, 3.8) is 0 Å². The van der Waals surface area contributed by atoms with Crippen LogP contribution in [-0.2, 0) is 4.84 Å². The summed E-state index contributed by atoms with van der Waals surface area (Å²) in [7, 11) is 0. The predicted molar refractivity (Wildman–Crippen MR) is 58.0 cm³/mol. The van der Waals surface area contributed by atoms with Crippen LogP contribution in [0.2, 0.25) is 0 Å². The minimum Gasteiger partial charge on any atom is -0.389 e. The lowest BCUT2D eigenvalue weighted by molar-refractivity contribution is 0.0123. The molecule has 0 radical (unpaired) electrons. The van der Waals surface area contributed by atoms with E-state index in [-0.39, 0.29) is 11.4 Å². The van der Waals surface area contributed by atoms with Gasteiger partial charge in [0.2, 0.25) is 5.78 Å². The Bertz CT molecular complexity index is 407. The van der Waals surface area contributed by atoms with Crippen molar-refractivity contribution in [3.05, 3.63) is 35.9 Å². The van der Waals surface area contributed by atoms with E-state index in [0.29, 0.717) is 17.7 Å². The van der Waals surface area contributed by atoms with E-state index >= 15 is 0 Å². The Morgan fingerprint density at radius 3 is 2.53 bits per heavy atom. The van der Waals surface area contributed by atoms with Crippen molar-refractivity contribution in [1.29, 1.82) is 0 Å². The van der Waals surface area contributed by atoms with Gasteiger partial charge in [-0.05, 0) is 13.8 Å². The number of carbonyl (C=O) groups is 1. The Morgan fingerprint density at radius 1 is 1.33 bits per heavy atom. The molecule has 0 spiro atoms. The van der Waals surface area contributed by atoms with Crippen LogP contribution in [0.1, 0.15) is 30.6 Å². The van der Waals surface area contributed by atoms with Crippen molar-refractivity contribution in [2.75, 3.05) is 0 Å². The van der Waals surface area contributed by atoms with Crippen molar-refractivity contribution in [2.45, 2.75) is 25.9 Å². The van der Waals surface area contributed by atoms with Crippen molar-refractivity contribution < 1.29 is 9.63 Å². The molecular formula is C12H13NO2. The number of nitrogens with zero attached hydrogens (tertiary/aromatic N) is 1. The average Bonchev–Trinajstić information content (AvgIpc) is 2.59. The summed E-state index contributed by atoms with van der Waals surface area (Å²) in [4.78, 5) is 17.1. The molecule has 0 N–H and O–H groups in total. The largest absolute Gasteiger partial charge is 0.389 e. The first-order valence-electron chi connectivity index (χ1n) is 4.93. The number of carbonyl (C=O) groups excluding carboxylic acids is 1. The van der Waals surface area contributed by atoms with Crippen LogP contribution in [0.3, 0.4) is 0 Å². The number of rotatable bonds is 2. The Labute approximate surface area is 88.7 Å². The SMILES string of the molecule is CC1(C)CC(C(=O)c2ccccc2)=NO1. The van der Waals surface area contributed by atoms with E-state index in [4.69, 9.17) is 4.84 Å². The maximum Gasteiger partial charge on any atom is 0.210 e. The summed E-state index contributed by atoms with van der Waals surface area (Å²) in [5.41, 5.74) is 0.823. The molecule has 0 fully saturated rings. The molecule has 3 heteroatoms. The van der Waals surface area contributed by atoms with Gasteiger partial charge in [0.15, 0.2) is 0 Å². The van der Waals surface area contributed by atoms with Crippen molar-refractivity contribution in [1.82, 2.24) is 0 Å². The van der Waals surface area contributed by atoms with Gasteiger partial charge in [-0.15, -0.1) is 0 Å². The summed E-state index contributed by atoms with van der Waals surface area (Å²) < 4.78 is 0. The summed E-state index contributed by atoms with van der Waals surface area (Å²) in [6.07, 6.45) is 0.570. The summed E-state index contributed by atoms with van der Waals surface area (Å²) in [5, 5.41) is 3.83. The molecule has 0 unspecified atom stereocenters. The first-order chi connectivity index (χ1) is 7.08. The molecule has 1 aliphatic heterocycles. The van der Waals surface area contributed by atoms with Crippen LogP contribution in [0, 0.1) is 0 Å². The average molecular weight is 203 g/mol. The van der Waals surface area contributed by atoms with Gasteiger partial charge in [-0.1, -0.05) is 35.5 Å². The molecule has 0 saturated carbocycles. The molecule has 1 aromatic carbocycles. The molecule has 0 atom stereocenters. The molecule has 0 saturated heterocycles. The molecule has 3 nitrogen and oxygen atoms in total. The quantitative estimate of drug-likeness (QED) is 0.692. The van der Waals surface area contributed by atoms with Gasteiger partial charge >= 0.3 is 0 Å². The number of hydrogen-bond donors (Lipinski definition) is 0. The van der Waals surface area contributed by atoms with Gasteiger partial charge in [0.1, 0.15) is 11.3 Å². The number of Topliss-reactive ketones (excluding diaryl/α,β-unsaturated/α-hetero) is 1. The standard InChI is InChI=1S/C12H13NO2/c1-12(2)8-10(13-15-12)11(14)9-6-4-3-5-7-9/h3-7H,8H2,1-2H3. The molecule has 0 aliphatic carbocycles. The van der Waals surface area contributed by atoms with Crippen LogP contribution in [0.5, 0.6) is 0 Å². The van der Waals surface area contributed by atoms with Crippen molar-refractivity contribution in [3.8, 4) is 0 Å².